The van der Waals surface area contributed by atoms with Gasteiger partial charge in [-0.2, -0.15) is 0 Å². The first kappa shape index (κ1) is 10.6. The second-order valence-corrected chi connectivity index (χ2v) is 4.57. The Hall–Kier alpha value is -0.530. The van der Waals surface area contributed by atoms with E-state index in [1.807, 2.05) is 38.1 Å². The van der Waals surface area contributed by atoms with Gasteiger partial charge in [-0.3, -0.25) is 0 Å². The summed E-state index contributed by atoms with van der Waals surface area (Å²) in [6.45, 7) is 4.27. The molecule has 1 aromatic carbocycles. The zero-order valence-corrected chi connectivity index (χ0v) is 8.80. The van der Waals surface area contributed by atoms with Crippen LogP contribution in [0.3, 0.4) is 0 Å². The van der Waals surface area contributed by atoms with Crippen molar-refractivity contribution < 1.29 is 5.11 Å². The molecule has 0 aliphatic heterocycles. The number of aliphatic hydroxyl groups excluding tert-OH is 1. The van der Waals surface area contributed by atoms with E-state index < -0.39 is 0 Å². The molecule has 1 rings (SSSR count). The summed E-state index contributed by atoms with van der Waals surface area (Å²) in [5, 5.41) is 9.85. The van der Waals surface area contributed by atoms with E-state index in [0.29, 0.717) is 0 Å². The Labute approximate surface area is 84.4 Å². The highest BCUT2D eigenvalue weighted by atomic mass is 35.5. The van der Waals surface area contributed by atoms with Gasteiger partial charge in [0.15, 0.2) is 0 Å². The van der Waals surface area contributed by atoms with Crippen LogP contribution in [0.15, 0.2) is 24.3 Å². The molecule has 1 N–H and O–H groups in total. The smallest absolute Gasteiger partial charge is 0.0485 e. The molecule has 1 nitrogen and oxygen atoms in total. The second-order valence-electron chi connectivity index (χ2n) is 4.13. The van der Waals surface area contributed by atoms with Crippen LogP contribution in [0.5, 0.6) is 0 Å². The van der Waals surface area contributed by atoms with Crippen LogP contribution in [0.25, 0.3) is 0 Å². The fraction of sp³-hybridized carbons (Fsp3) is 0.455. The molecule has 72 valence electrons. The van der Waals surface area contributed by atoms with Crippen LogP contribution in [-0.2, 0) is 6.42 Å². The van der Waals surface area contributed by atoms with E-state index in [1.54, 1.807) is 0 Å². The summed E-state index contributed by atoms with van der Waals surface area (Å²) in [6.07, 6.45) is 0.851. The van der Waals surface area contributed by atoms with Crippen molar-refractivity contribution in [2.45, 2.75) is 20.3 Å². The Morgan fingerprint density at radius 2 is 2.08 bits per heavy atom. The highest BCUT2D eigenvalue weighted by Gasteiger charge is 2.16. The Kier molecular flexibility index (Phi) is 3.34. The fourth-order valence-corrected chi connectivity index (χ4v) is 1.47. The predicted molar refractivity (Wildman–Crippen MR) is 56.0 cm³/mol. The topological polar surface area (TPSA) is 20.2 Å². The van der Waals surface area contributed by atoms with Crippen molar-refractivity contribution in [1.82, 2.24) is 0 Å². The van der Waals surface area contributed by atoms with E-state index >= 15 is 0 Å². The molecule has 0 radical (unpaired) electrons. The van der Waals surface area contributed by atoms with Crippen LogP contribution < -0.4 is 0 Å². The molecule has 0 saturated carbocycles. The predicted octanol–water partition coefficient (Wildman–Crippen LogP) is 2.90. The number of aliphatic hydroxyl groups is 1. The van der Waals surface area contributed by atoms with E-state index in [-0.39, 0.29) is 12.0 Å². The minimum Gasteiger partial charge on any atom is -0.396 e. The first-order valence-corrected chi connectivity index (χ1v) is 4.77. The molecule has 0 spiro atoms. The number of hydrogen-bond donors (Lipinski definition) is 1. The van der Waals surface area contributed by atoms with Crippen molar-refractivity contribution in [2.75, 3.05) is 6.61 Å². The third-order valence-electron chi connectivity index (χ3n) is 2.00. The quantitative estimate of drug-likeness (QED) is 0.792. The van der Waals surface area contributed by atoms with Crippen LogP contribution >= 0.6 is 11.6 Å². The Morgan fingerprint density at radius 1 is 1.38 bits per heavy atom. The van der Waals surface area contributed by atoms with E-state index in [0.717, 1.165) is 11.4 Å². The average Bonchev–Trinajstić information content (AvgIpc) is 2.03. The van der Waals surface area contributed by atoms with Gasteiger partial charge in [-0.1, -0.05) is 37.6 Å². The molecule has 2 heteroatoms. The molecular formula is C11H15ClO. The van der Waals surface area contributed by atoms with Gasteiger partial charge in [0.2, 0.25) is 0 Å². The highest BCUT2D eigenvalue weighted by Crippen LogP contribution is 2.22. The van der Waals surface area contributed by atoms with E-state index in [1.165, 1.54) is 5.56 Å². The van der Waals surface area contributed by atoms with E-state index in [2.05, 4.69) is 0 Å². The van der Waals surface area contributed by atoms with Crippen LogP contribution in [0.1, 0.15) is 19.4 Å². The minimum atomic E-state index is -0.0648. The summed E-state index contributed by atoms with van der Waals surface area (Å²) in [5.74, 6) is 0. The van der Waals surface area contributed by atoms with Crippen LogP contribution in [0.4, 0.5) is 0 Å². The van der Waals surface area contributed by atoms with Gasteiger partial charge in [-0.25, -0.2) is 0 Å². The molecule has 0 fully saturated rings. The first-order chi connectivity index (χ1) is 6.03. The molecule has 0 unspecified atom stereocenters. The van der Waals surface area contributed by atoms with Gasteiger partial charge in [0.25, 0.3) is 0 Å². The third kappa shape index (κ3) is 3.37. The number of hydrogen-bond acceptors (Lipinski definition) is 1. The lowest BCUT2D eigenvalue weighted by Gasteiger charge is -2.21. The first-order valence-electron chi connectivity index (χ1n) is 4.39. The van der Waals surface area contributed by atoms with Crippen LogP contribution in [-0.4, -0.2) is 11.7 Å². The minimum absolute atomic E-state index is 0.0648. The van der Waals surface area contributed by atoms with Gasteiger partial charge >= 0.3 is 0 Å². The zero-order valence-electron chi connectivity index (χ0n) is 8.05. The maximum Gasteiger partial charge on any atom is 0.0485 e. The number of benzene rings is 1. The molecule has 0 amide bonds. The number of halogens is 1. The molecule has 1 aromatic rings. The maximum absolute atomic E-state index is 9.09. The SMILES string of the molecule is CC(C)(CO)Cc1cccc(Cl)c1. The Morgan fingerprint density at radius 3 is 2.62 bits per heavy atom. The standard InChI is InChI=1S/C11H15ClO/c1-11(2,8-13)7-9-4-3-5-10(12)6-9/h3-6,13H,7-8H2,1-2H3. The summed E-state index contributed by atoms with van der Waals surface area (Å²) < 4.78 is 0. The summed E-state index contributed by atoms with van der Waals surface area (Å²) >= 11 is 5.85. The molecule has 0 bridgehead atoms. The summed E-state index contributed by atoms with van der Waals surface area (Å²) in [5.41, 5.74) is 1.11. The van der Waals surface area contributed by atoms with Gasteiger partial charge in [-0.05, 0) is 29.5 Å². The molecule has 0 aliphatic rings. The van der Waals surface area contributed by atoms with Crippen molar-refractivity contribution in [3.05, 3.63) is 34.9 Å². The van der Waals surface area contributed by atoms with Gasteiger partial charge in [0.1, 0.15) is 0 Å². The molecule has 0 atom stereocenters. The van der Waals surface area contributed by atoms with Gasteiger partial charge < -0.3 is 5.11 Å². The Balaban J connectivity index is 2.74. The Bertz CT molecular complexity index is 281. The lowest BCUT2D eigenvalue weighted by molar-refractivity contribution is 0.159. The number of rotatable bonds is 3. The summed E-state index contributed by atoms with van der Waals surface area (Å²) in [4.78, 5) is 0. The average molecular weight is 199 g/mol. The zero-order chi connectivity index (χ0) is 9.90. The largest absolute Gasteiger partial charge is 0.396 e. The second kappa shape index (κ2) is 4.12. The van der Waals surface area contributed by atoms with Crippen molar-refractivity contribution in [3.8, 4) is 0 Å². The molecule has 0 saturated heterocycles. The lowest BCUT2D eigenvalue weighted by atomic mass is 9.87. The third-order valence-corrected chi connectivity index (χ3v) is 2.23. The van der Waals surface area contributed by atoms with Gasteiger partial charge in [0, 0.05) is 11.6 Å². The van der Waals surface area contributed by atoms with Crippen molar-refractivity contribution in [3.63, 3.8) is 0 Å². The van der Waals surface area contributed by atoms with E-state index in [9.17, 15) is 0 Å². The summed E-state index contributed by atoms with van der Waals surface area (Å²) in [7, 11) is 0. The van der Waals surface area contributed by atoms with Gasteiger partial charge in [-0.15, -0.1) is 0 Å². The molecule has 13 heavy (non-hydrogen) atoms. The molecule has 0 aliphatic carbocycles. The van der Waals surface area contributed by atoms with Gasteiger partial charge in [0.05, 0.1) is 0 Å². The van der Waals surface area contributed by atoms with E-state index in [4.69, 9.17) is 16.7 Å². The highest BCUT2D eigenvalue weighted by molar-refractivity contribution is 6.30. The molecular weight excluding hydrogens is 184 g/mol. The van der Waals surface area contributed by atoms with Crippen molar-refractivity contribution in [1.29, 1.82) is 0 Å². The normalized spacial score (nSPS) is 11.7. The molecule has 0 heterocycles. The maximum atomic E-state index is 9.09. The summed E-state index contributed by atoms with van der Waals surface area (Å²) in [6, 6.07) is 7.77. The monoisotopic (exact) mass is 198 g/mol. The lowest BCUT2D eigenvalue weighted by Crippen LogP contribution is -2.19. The fourth-order valence-electron chi connectivity index (χ4n) is 1.26. The van der Waals surface area contributed by atoms with Crippen molar-refractivity contribution >= 4 is 11.6 Å². The van der Waals surface area contributed by atoms with Crippen LogP contribution in [0.2, 0.25) is 5.02 Å². The van der Waals surface area contributed by atoms with Crippen LogP contribution in [0, 0.1) is 5.41 Å². The molecule has 0 aromatic heterocycles. The van der Waals surface area contributed by atoms with Crippen molar-refractivity contribution in [2.24, 2.45) is 5.41 Å².